The molecule has 1 heterocycles. The first-order chi connectivity index (χ1) is 12.5. The van der Waals surface area contributed by atoms with Gasteiger partial charge in [0.25, 0.3) is 0 Å². The Bertz CT molecular complexity index is 769. The van der Waals surface area contributed by atoms with Gasteiger partial charge in [-0.05, 0) is 42.7 Å². The van der Waals surface area contributed by atoms with Crippen molar-refractivity contribution in [3.8, 4) is 0 Å². The van der Waals surface area contributed by atoms with E-state index >= 15 is 0 Å². The van der Waals surface area contributed by atoms with Crippen LogP contribution in [0.3, 0.4) is 0 Å². The number of hydrogen-bond donors (Lipinski definition) is 2. The Morgan fingerprint density at radius 3 is 2.50 bits per heavy atom. The molecule has 136 valence electrons. The van der Waals surface area contributed by atoms with Gasteiger partial charge >= 0.3 is 6.03 Å². The Morgan fingerprint density at radius 2 is 1.81 bits per heavy atom. The summed E-state index contributed by atoms with van der Waals surface area (Å²) in [6.45, 7) is 5.80. The molecule has 1 unspecified atom stereocenters. The van der Waals surface area contributed by atoms with Gasteiger partial charge in [0.2, 0.25) is 5.91 Å². The minimum atomic E-state index is -0.232. The lowest BCUT2D eigenvalue weighted by Gasteiger charge is -2.17. The number of nitrogens with zero attached hydrogens (tertiary/aromatic N) is 1. The fourth-order valence-electron chi connectivity index (χ4n) is 3.41. The van der Waals surface area contributed by atoms with Gasteiger partial charge in [-0.2, -0.15) is 0 Å². The highest BCUT2D eigenvalue weighted by Gasteiger charge is 2.29. The summed E-state index contributed by atoms with van der Waals surface area (Å²) in [6, 6.07) is 15.7. The van der Waals surface area contributed by atoms with Gasteiger partial charge in [-0.3, -0.25) is 4.79 Å². The lowest BCUT2D eigenvalue weighted by atomic mass is 10.1. The first-order valence-corrected chi connectivity index (χ1v) is 8.94. The standard InChI is InChI=1S/C21H25N3O2/c1-15-8-16(2)10-19(9-15)23-21(26)22-12-18-11-20(25)24(14-18)13-17-6-4-3-5-7-17/h3-10,18H,11-14H2,1-2H3,(H2,22,23,26). The number of likely N-dealkylation sites (tertiary alicyclic amines) is 1. The van der Waals surface area contributed by atoms with Crippen LogP contribution in [0.15, 0.2) is 48.5 Å². The summed E-state index contributed by atoms with van der Waals surface area (Å²) in [5.74, 6) is 0.298. The Labute approximate surface area is 154 Å². The summed E-state index contributed by atoms with van der Waals surface area (Å²) in [5.41, 5.74) is 4.13. The summed E-state index contributed by atoms with van der Waals surface area (Å²) in [7, 11) is 0. The van der Waals surface area contributed by atoms with Crippen LogP contribution in [-0.2, 0) is 11.3 Å². The topological polar surface area (TPSA) is 61.4 Å². The highest BCUT2D eigenvalue weighted by Crippen LogP contribution is 2.20. The molecule has 1 saturated heterocycles. The number of rotatable bonds is 5. The van der Waals surface area contributed by atoms with Crippen molar-refractivity contribution >= 4 is 17.6 Å². The lowest BCUT2D eigenvalue weighted by Crippen LogP contribution is -2.34. The highest BCUT2D eigenvalue weighted by molar-refractivity contribution is 5.89. The van der Waals surface area contributed by atoms with E-state index in [9.17, 15) is 9.59 Å². The Kier molecular flexibility index (Phi) is 5.56. The molecule has 1 atom stereocenters. The number of urea groups is 1. The summed E-state index contributed by atoms with van der Waals surface area (Å²) in [6.07, 6.45) is 0.483. The third-order valence-corrected chi connectivity index (χ3v) is 4.54. The second-order valence-electron chi connectivity index (χ2n) is 7.04. The number of aryl methyl sites for hydroxylation is 2. The van der Waals surface area contributed by atoms with Gasteiger partial charge in [-0.15, -0.1) is 0 Å². The molecule has 1 fully saturated rings. The van der Waals surface area contributed by atoms with E-state index in [1.54, 1.807) is 0 Å². The van der Waals surface area contributed by atoms with Crippen molar-refractivity contribution in [1.29, 1.82) is 0 Å². The van der Waals surface area contributed by atoms with Crippen LogP contribution in [0.4, 0.5) is 10.5 Å². The molecule has 2 N–H and O–H groups in total. The summed E-state index contributed by atoms with van der Waals surface area (Å²) in [5, 5.41) is 5.75. The first kappa shape index (κ1) is 18.0. The van der Waals surface area contributed by atoms with Crippen LogP contribution in [0, 0.1) is 19.8 Å². The average Bonchev–Trinajstić information content (AvgIpc) is 2.93. The Morgan fingerprint density at radius 1 is 1.12 bits per heavy atom. The second-order valence-corrected chi connectivity index (χ2v) is 7.04. The predicted octanol–water partition coefficient (Wildman–Crippen LogP) is 3.47. The van der Waals surface area contributed by atoms with E-state index in [1.165, 1.54) is 0 Å². The monoisotopic (exact) mass is 351 g/mol. The number of nitrogens with one attached hydrogen (secondary N) is 2. The van der Waals surface area contributed by atoms with Gasteiger partial charge < -0.3 is 15.5 Å². The highest BCUT2D eigenvalue weighted by atomic mass is 16.2. The summed E-state index contributed by atoms with van der Waals surface area (Å²) >= 11 is 0. The minimum Gasteiger partial charge on any atom is -0.338 e. The van der Waals surface area contributed by atoms with E-state index in [-0.39, 0.29) is 17.9 Å². The van der Waals surface area contributed by atoms with Crippen LogP contribution in [0.5, 0.6) is 0 Å². The number of amides is 3. The SMILES string of the molecule is Cc1cc(C)cc(NC(=O)NCC2CC(=O)N(Cc3ccccc3)C2)c1. The van der Waals surface area contributed by atoms with Gasteiger partial charge in [0.15, 0.2) is 0 Å². The maximum atomic E-state index is 12.2. The molecule has 0 aliphatic carbocycles. The predicted molar refractivity (Wildman–Crippen MR) is 103 cm³/mol. The lowest BCUT2D eigenvalue weighted by molar-refractivity contribution is -0.128. The van der Waals surface area contributed by atoms with Gasteiger partial charge in [-0.25, -0.2) is 4.79 Å². The number of anilines is 1. The van der Waals surface area contributed by atoms with Crippen molar-refractivity contribution in [3.63, 3.8) is 0 Å². The van der Waals surface area contributed by atoms with Gasteiger partial charge in [-0.1, -0.05) is 36.4 Å². The number of carbonyl (C=O) groups excluding carboxylic acids is 2. The number of carbonyl (C=O) groups is 2. The summed E-state index contributed by atoms with van der Waals surface area (Å²) in [4.78, 5) is 26.2. The van der Waals surface area contributed by atoms with Crippen molar-refractivity contribution in [2.24, 2.45) is 5.92 Å². The molecule has 2 aromatic rings. The molecular formula is C21H25N3O2. The maximum Gasteiger partial charge on any atom is 0.319 e. The first-order valence-electron chi connectivity index (χ1n) is 8.94. The molecule has 5 heteroatoms. The summed E-state index contributed by atoms with van der Waals surface area (Å²) < 4.78 is 0. The minimum absolute atomic E-state index is 0.148. The van der Waals surface area contributed by atoms with Crippen molar-refractivity contribution < 1.29 is 9.59 Å². The van der Waals surface area contributed by atoms with Crippen LogP contribution >= 0.6 is 0 Å². The molecule has 3 amide bonds. The number of benzene rings is 2. The van der Waals surface area contributed by atoms with Crippen LogP contribution < -0.4 is 10.6 Å². The quantitative estimate of drug-likeness (QED) is 0.866. The molecule has 26 heavy (non-hydrogen) atoms. The molecule has 5 nitrogen and oxygen atoms in total. The van der Waals surface area contributed by atoms with Crippen molar-refractivity contribution in [2.75, 3.05) is 18.4 Å². The second kappa shape index (κ2) is 8.04. The van der Waals surface area contributed by atoms with Crippen LogP contribution in [0.25, 0.3) is 0 Å². The van der Waals surface area contributed by atoms with Crippen LogP contribution in [-0.4, -0.2) is 29.9 Å². The van der Waals surface area contributed by atoms with Gasteiger partial charge in [0.1, 0.15) is 0 Å². The molecule has 3 rings (SSSR count). The van der Waals surface area contributed by atoms with E-state index in [1.807, 2.05) is 61.2 Å². The van der Waals surface area contributed by atoms with Crippen LogP contribution in [0.2, 0.25) is 0 Å². The molecule has 0 spiro atoms. The van der Waals surface area contributed by atoms with Crippen molar-refractivity contribution in [1.82, 2.24) is 10.2 Å². The maximum absolute atomic E-state index is 12.2. The van der Waals surface area contributed by atoms with Gasteiger partial charge in [0, 0.05) is 37.7 Å². The smallest absolute Gasteiger partial charge is 0.319 e. The fourth-order valence-corrected chi connectivity index (χ4v) is 3.41. The van der Waals surface area contributed by atoms with E-state index in [0.29, 0.717) is 26.1 Å². The van der Waals surface area contributed by atoms with E-state index in [2.05, 4.69) is 16.7 Å². The normalized spacial score (nSPS) is 16.6. The van der Waals surface area contributed by atoms with Crippen LogP contribution in [0.1, 0.15) is 23.1 Å². The zero-order valence-electron chi connectivity index (χ0n) is 15.3. The molecular weight excluding hydrogens is 326 g/mol. The Hall–Kier alpha value is -2.82. The average molecular weight is 351 g/mol. The molecule has 1 aliphatic heterocycles. The van der Waals surface area contributed by atoms with Gasteiger partial charge in [0.05, 0.1) is 0 Å². The zero-order valence-corrected chi connectivity index (χ0v) is 15.3. The largest absolute Gasteiger partial charge is 0.338 e. The molecule has 0 radical (unpaired) electrons. The molecule has 0 saturated carbocycles. The molecule has 2 aromatic carbocycles. The van der Waals surface area contributed by atoms with Crippen molar-refractivity contribution in [3.05, 3.63) is 65.2 Å². The Balaban J connectivity index is 1.47. The van der Waals surface area contributed by atoms with E-state index < -0.39 is 0 Å². The third kappa shape index (κ3) is 4.85. The fraction of sp³-hybridized carbons (Fsp3) is 0.333. The van der Waals surface area contributed by atoms with Crippen molar-refractivity contribution in [2.45, 2.75) is 26.8 Å². The zero-order chi connectivity index (χ0) is 18.5. The molecule has 1 aliphatic rings. The van der Waals surface area contributed by atoms with E-state index in [0.717, 1.165) is 22.4 Å². The molecule has 0 aromatic heterocycles. The third-order valence-electron chi connectivity index (χ3n) is 4.54. The molecule has 0 bridgehead atoms. The number of hydrogen-bond acceptors (Lipinski definition) is 2. The van der Waals surface area contributed by atoms with E-state index in [4.69, 9.17) is 0 Å².